The van der Waals surface area contributed by atoms with Gasteiger partial charge in [-0.3, -0.25) is 4.84 Å². The fraction of sp³-hybridized carbons (Fsp3) is 1.00. The first kappa shape index (κ1) is 9.95. The highest BCUT2D eigenvalue weighted by molar-refractivity contribution is 7.89. The van der Waals surface area contributed by atoms with E-state index in [0.29, 0.717) is 18.9 Å². The molecule has 12 heavy (non-hydrogen) atoms. The third kappa shape index (κ3) is 2.43. The predicted octanol–water partition coefficient (Wildman–Crippen LogP) is 1.39. The van der Waals surface area contributed by atoms with Crippen molar-refractivity contribution in [1.29, 1.82) is 4.78 Å². The minimum absolute atomic E-state index is 0.410. The molecule has 0 amide bonds. The summed E-state index contributed by atoms with van der Waals surface area (Å²) in [4.78, 5) is 5.17. The first-order valence-corrected chi connectivity index (χ1v) is 6.02. The van der Waals surface area contributed by atoms with Gasteiger partial charge in [0.15, 0.2) is 0 Å². The highest BCUT2D eigenvalue weighted by Crippen LogP contribution is 2.12. The van der Waals surface area contributed by atoms with Gasteiger partial charge in [0.25, 0.3) is 0 Å². The summed E-state index contributed by atoms with van der Waals surface area (Å²) in [7, 11) is -2.62. The maximum absolute atomic E-state index is 11.6. The van der Waals surface area contributed by atoms with E-state index in [-0.39, 0.29) is 0 Å². The number of hydroxylamine groups is 1. The van der Waals surface area contributed by atoms with E-state index in [9.17, 15) is 4.21 Å². The Morgan fingerprint density at radius 3 is 2.83 bits per heavy atom. The molecule has 1 aliphatic rings. The molecule has 0 radical (unpaired) electrons. The summed E-state index contributed by atoms with van der Waals surface area (Å²) in [5.74, 6) is 0.410. The van der Waals surface area contributed by atoms with E-state index in [1.54, 1.807) is 0 Å². The second-order valence-corrected chi connectivity index (χ2v) is 5.04. The summed E-state index contributed by atoms with van der Waals surface area (Å²) in [5.41, 5.74) is 0. The van der Waals surface area contributed by atoms with Gasteiger partial charge >= 0.3 is 0 Å². The quantitative estimate of drug-likeness (QED) is 0.734. The average molecular weight is 192 g/mol. The average Bonchev–Trinajstić information content (AvgIpc) is 2.06. The lowest BCUT2D eigenvalue weighted by molar-refractivity contribution is -0.106. The summed E-state index contributed by atoms with van der Waals surface area (Å²) >= 11 is 0. The van der Waals surface area contributed by atoms with Crippen LogP contribution in [0.25, 0.3) is 0 Å². The zero-order chi connectivity index (χ0) is 9.03. The van der Waals surface area contributed by atoms with E-state index < -0.39 is 9.92 Å². The Labute approximate surface area is 74.0 Å². The van der Waals surface area contributed by atoms with E-state index in [1.807, 2.05) is 6.92 Å². The normalized spacial score (nSPS) is 25.1. The largest absolute Gasteiger partial charge is 0.286 e. The molecule has 1 rings (SSSR count). The van der Waals surface area contributed by atoms with E-state index in [1.165, 1.54) is 4.47 Å². The first-order valence-electron chi connectivity index (χ1n) is 4.34. The third-order valence-electron chi connectivity index (χ3n) is 1.78. The molecule has 72 valence electrons. The fourth-order valence-electron chi connectivity index (χ4n) is 1.18. The smallest absolute Gasteiger partial charge is 0.130 e. The molecule has 1 aliphatic heterocycles. The van der Waals surface area contributed by atoms with Crippen LogP contribution in [0, 0.1) is 4.78 Å². The van der Waals surface area contributed by atoms with Crippen LogP contribution < -0.4 is 0 Å². The summed E-state index contributed by atoms with van der Waals surface area (Å²) in [6.45, 7) is 3.18. The third-order valence-corrected chi connectivity index (χ3v) is 3.69. The van der Waals surface area contributed by atoms with Crippen molar-refractivity contribution in [3.63, 3.8) is 0 Å². The topological polar surface area (TPSA) is 53.4 Å². The molecule has 1 saturated heterocycles. The Bertz CT molecular complexity index is 220. The standard InChI is InChI=1S/C7H16N2O2S/c1-2-7-12(8,10)9-5-3-4-6-11-9/h8H,2-7H2,1H3. The SMILES string of the molecule is CCCS(=N)(=O)N1CCCCO1. The van der Waals surface area contributed by atoms with E-state index in [0.717, 1.165) is 19.3 Å². The number of rotatable bonds is 3. The van der Waals surface area contributed by atoms with Crippen LogP contribution >= 0.6 is 0 Å². The Balaban J connectivity index is 2.54. The van der Waals surface area contributed by atoms with E-state index in [2.05, 4.69) is 0 Å². The van der Waals surface area contributed by atoms with Crippen LogP contribution in [0.2, 0.25) is 0 Å². The van der Waals surface area contributed by atoms with E-state index in [4.69, 9.17) is 9.62 Å². The van der Waals surface area contributed by atoms with Gasteiger partial charge in [-0.2, -0.15) is 0 Å². The van der Waals surface area contributed by atoms with Gasteiger partial charge in [0.05, 0.1) is 6.61 Å². The Hall–Kier alpha value is -0.130. The van der Waals surface area contributed by atoms with Crippen molar-refractivity contribution in [1.82, 2.24) is 4.47 Å². The van der Waals surface area contributed by atoms with Gasteiger partial charge in [0.1, 0.15) is 9.92 Å². The van der Waals surface area contributed by atoms with Crippen molar-refractivity contribution in [3.05, 3.63) is 0 Å². The first-order chi connectivity index (χ1) is 5.67. The lowest BCUT2D eigenvalue weighted by Crippen LogP contribution is -2.36. The van der Waals surface area contributed by atoms with Gasteiger partial charge < -0.3 is 0 Å². The summed E-state index contributed by atoms with van der Waals surface area (Å²) < 4.78 is 20.5. The molecule has 1 heterocycles. The monoisotopic (exact) mass is 192 g/mol. The van der Waals surface area contributed by atoms with Crippen LogP contribution in [0.3, 0.4) is 0 Å². The Kier molecular flexibility index (Phi) is 3.49. The second-order valence-electron chi connectivity index (χ2n) is 2.94. The zero-order valence-electron chi connectivity index (χ0n) is 7.41. The van der Waals surface area contributed by atoms with Crippen LogP contribution in [0.4, 0.5) is 0 Å². The molecule has 1 fully saturated rings. The highest BCUT2D eigenvalue weighted by atomic mass is 32.2. The molecule has 0 spiro atoms. The number of nitrogens with one attached hydrogen (secondary N) is 1. The molecule has 4 nitrogen and oxygen atoms in total. The molecule has 0 aromatic heterocycles. The molecule has 1 atom stereocenters. The van der Waals surface area contributed by atoms with Gasteiger partial charge in [-0.05, 0) is 19.3 Å². The lowest BCUT2D eigenvalue weighted by atomic mass is 10.3. The molecule has 1 N–H and O–H groups in total. The van der Waals surface area contributed by atoms with Crippen LogP contribution in [0.15, 0.2) is 0 Å². The molecule has 0 aromatic carbocycles. The Morgan fingerprint density at radius 2 is 2.33 bits per heavy atom. The number of nitrogens with zero attached hydrogens (tertiary/aromatic N) is 1. The number of hydrogen-bond acceptors (Lipinski definition) is 3. The maximum Gasteiger partial charge on any atom is 0.130 e. The highest BCUT2D eigenvalue weighted by Gasteiger charge is 2.20. The fourth-order valence-corrected chi connectivity index (χ4v) is 2.61. The van der Waals surface area contributed by atoms with Crippen molar-refractivity contribution < 1.29 is 9.05 Å². The number of hydrogen-bond donors (Lipinski definition) is 1. The predicted molar refractivity (Wildman–Crippen MR) is 47.9 cm³/mol. The summed E-state index contributed by atoms with van der Waals surface area (Å²) in [6.07, 6.45) is 2.76. The van der Waals surface area contributed by atoms with Gasteiger partial charge in [0, 0.05) is 12.3 Å². The summed E-state index contributed by atoms with van der Waals surface area (Å²) in [5, 5.41) is 0. The molecular formula is C7H16N2O2S. The molecule has 0 saturated carbocycles. The lowest BCUT2D eigenvalue weighted by Gasteiger charge is -2.27. The minimum atomic E-state index is -2.62. The van der Waals surface area contributed by atoms with E-state index >= 15 is 0 Å². The molecular weight excluding hydrogens is 176 g/mol. The molecule has 0 aromatic rings. The molecule has 0 bridgehead atoms. The maximum atomic E-state index is 11.6. The van der Waals surface area contributed by atoms with Gasteiger partial charge in [0.2, 0.25) is 0 Å². The van der Waals surface area contributed by atoms with Crippen molar-refractivity contribution in [2.45, 2.75) is 26.2 Å². The van der Waals surface area contributed by atoms with Crippen molar-refractivity contribution in [3.8, 4) is 0 Å². The second kappa shape index (κ2) is 4.20. The van der Waals surface area contributed by atoms with Gasteiger partial charge in [-0.1, -0.05) is 11.4 Å². The van der Waals surface area contributed by atoms with Crippen LogP contribution in [0.5, 0.6) is 0 Å². The van der Waals surface area contributed by atoms with Crippen LogP contribution in [-0.4, -0.2) is 27.6 Å². The molecule has 0 aliphatic carbocycles. The van der Waals surface area contributed by atoms with Crippen LogP contribution in [0.1, 0.15) is 26.2 Å². The molecule has 5 heteroatoms. The summed E-state index contributed by atoms with van der Waals surface area (Å²) in [6, 6.07) is 0. The van der Waals surface area contributed by atoms with Gasteiger partial charge in [-0.15, -0.1) is 0 Å². The molecule has 1 unspecified atom stereocenters. The van der Waals surface area contributed by atoms with Crippen LogP contribution in [-0.2, 0) is 14.8 Å². The van der Waals surface area contributed by atoms with Gasteiger partial charge in [-0.25, -0.2) is 8.99 Å². The van der Waals surface area contributed by atoms with Crippen molar-refractivity contribution in [2.75, 3.05) is 18.9 Å². The van der Waals surface area contributed by atoms with Crippen molar-refractivity contribution >= 4 is 9.92 Å². The zero-order valence-corrected chi connectivity index (χ0v) is 8.23. The minimum Gasteiger partial charge on any atom is -0.286 e. The van der Waals surface area contributed by atoms with Crippen molar-refractivity contribution in [2.24, 2.45) is 0 Å². The Morgan fingerprint density at radius 1 is 1.58 bits per heavy atom.